The number of nitrogens with zero attached hydrogens (tertiary/aromatic N) is 4. The van der Waals surface area contributed by atoms with E-state index in [1.807, 2.05) is 0 Å². The SMILES string of the molecule is Cn1c(N[C@@H]2CCCC[C@H]2O)nc2c1c(=O)n(Cc1ccc(C(F)(F)F)cc1)c(=O)n2C. The molecule has 0 radical (unpaired) electrons. The third kappa shape index (κ3) is 3.92. The summed E-state index contributed by atoms with van der Waals surface area (Å²) in [6, 6.07) is 4.14. The Balaban J connectivity index is 1.72. The number of aliphatic hydroxyl groups excluding tert-OH is 1. The quantitative estimate of drug-likeness (QED) is 0.635. The number of alkyl halides is 3. The lowest BCUT2D eigenvalue weighted by atomic mass is 9.93. The Morgan fingerprint density at radius 2 is 1.75 bits per heavy atom. The van der Waals surface area contributed by atoms with Gasteiger partial charge in [0.1, 0.15) is 0 Å². The largest absolute Gasteiger partial charge is 0.416 e. The minimum atomic E-state index is -4.46. The van der Waals surface area contributed by atoms with Crippen molar-refractivity contribution in [2.45, 2.75) is 50.6 Å². The standard InChI is InChI=1S/C21H24F3N5O3/c1-27-16-17(26-19(27)25-14-5-3-4-6-15(14)30)28(2)20(32)29(18(16)31)11-12-7-9-13(10-8-12)21(22,23)24/h7-10,14-15,30H,3-6,11H2,1-2H3,(H,25,26)/t14-,15-/m1/s1. The number of hydrogen-bond donors (Lipinski definition) is 2. The Kier molecular flexibility index (Phi) is 5.61. The van der Waals surface area contributed by atoms with Gasteiger partial charge in [0.05, 0.1) is 24.3 Å². The molecule has 1 aliphatic carbocycles. The highest BCUT2D eigenvalue weighted by Gasteiger charge is 2.30. The number of nitrogens with one attached hydrogen (secondary N) is 1. The van der Waals surface area contributed by atoms with Crippen molar-refractivity contribution in [2.75, 3.05) is 5.32 Å². The zero-order valence-electron chi connectivity index (χ0n) is 17.7. The summed E-state index contributed by atoms with van der Waals surface area (Å²) in [6.45, 7) is -0.172. The number of anilines is 1. The van der Waals surface area contributed by atoms with Gasteiger partial charge in [0, 0.05) is 14.1 Å². The number of hydrogen-bond acceptors (Lipinski definition) is 5. The summed E-state index contributed by atoms with van der Waals surface area (Å²) >= 11 is 0. The summed E-state index contributed by atoms with van der Waals surface area (Å²) in [5.41, 5.74) is -1.24. The lowest BCUT2D eigenvalue weighted by Crippen LogP contribution is -2.39. The van der Waals surface area contributed by atoms with E-state index in [-0.39, 0.29) is 23.8 Å². The van der Waals surface area contributed by atoms with Crippen molar-refractivity contribution in [1.29, 1.82) is 0 Å². The van der Waals surface area contributed by atoms with E-state index in [0.29, 0.717) is 17.9 Å². The summed E-state index contributed by atoms with van der Waals surface area (Å²) < 4.78 is 42.2. The van der Waals surface area contributed by atoms with E-state index < -0.39 is 29.1 Å². The second-order valence-corrected chi connectivity index (χ2v) is 8.20. The minimum Gasteiger partial charge on any atom is -0.391 e. The summed E-state index contributed by atoms with van der Waals surface area (Å²) in [6.07, 6.45) is -1.62. The van der Waals surface area contributed by atoms with Crippen molar-refractivity contribution in [3.8, 4) is 0 Å². The van der Waals surface area contributed by atoms with Crippen LogP contribution in [0.2, 0.25) is 0 Å². The van der Waals surface area contributed by atoms with Gasteiger partial charge in [0.2, 0.25) is 5.95 Å². The monoisotopic (exact) mass is 451 g/mol. The van der Waals surface area contributed by atoms with E-state index in [2.05, 4.69) is 10.3 Å². The van der Waals surface area contributed by atoms with Crippen molar-refractivity contribution in [1.82, 2.24) is 18.7 Å². The van der Waals surface area contributed by atoms with Gasteiger partial charge in [-0.2, -0.15) is 18.2 Å². The number of aromatic nitrogens is 4. The van der Waals surface area contributed by atoms with Gasteiger partial charge < -0.3 is 15.0 Å². The van der Waals surface area contributed by atoms with Crippen LogP contribution in [0.4, 0.5) is 19.1 Å². The molecule has 2 aromatic heterocycles. The maximum absolute atomic E-state index is 13.2. The molecule has 0 amide bonds. The zero-order valence-corrected chi connectivity index (χ0v) is 17.7. The molecular weight excluding hydrogens is 427 g/mol. The van der Waals surface area contributed by atoms with Crippen molar-refractivity contribution in [3.63, 3.8) is 0 Å². The first kappa shape index (κ1) is 22.1. The number of fused-ring (bicyclic) bond motifs is 1. The summed E-state index contributed by atoms with van der Waals surface area (Å²) in [7, 11) is 3.13. The first-order valence-electron chi connectivity index (χ1n) is 10.3. The van der Waals surface area contributed by atoms with Crippen molar-refractivity contribution >= 4 is 17.1 Å². The summed E-state index contributed by atoms with van der Waals surface area (Å²) in [5.74, 6) is 0.366. The predicted octanol–water partition coefficient (Wildman–Crippen LogP) is 2.22. The molecule has 0 aliphatic heterocycles. The third-order valence-corrected chi connectivity index (χ3v) is 6.03. The lowest BCUT2D eigenvalue weighted by Gasteiger charge is -2.28. The first-order chi connectivity index (χ1) is 15.1. The van der Waals surface area contributed by atoms with Gasteiger partial charge in [-0.15, -0.1) is 0 Å². The second kappa shape index (κ2) is 8.12. The van der Waals surface area contributed by atoms with E-state index in [9.17, 15) is 27.9 Å². The fourth-order valence-corrected chi connectivity index (χ4v) is 4.14. The van der Waals surface area contributed by atoms with E-state index in [1.165, 1.54) is 23.7 Å². The van der Waals surface area contributed by atoms with Crippen molar-refractivity contribution in [2.24, 2.45) is 14.1 Å². The molecule has 2 atom stereocenters. The third-order valence-electron chi connectivity index (χ3n) is 6.03. The molecule has 1 fully saturated rings. The maximum Gasteiger partial charge on any atom is 0.416 e. The Morgan fingerprint density at radius 3 is 2.38 bits per heavy atom. The molecule has 0 spiro atoms. The van der Waals surface area contributed by atoms with Gasteiger partial charge >= 0.3 is 11.9 Å². The maximum atomic E-state index is 13.2. The molecule has 4 rings (SSSR count). The fraction of sp³-hybridized carbons (Fsp3) is 0.476. The highest BCUT2D eigenvalue weighted by Crippen LogP contribution is 2.29. The predicted molar refractivity (Wildman–Crippen MR) is 113 cm³/mol. The normalized spacial score (nSPS) is 19.4. The van der Waals surface area contributed by atoms with Crippen LogP contribution in [-0.2, 0) is 26.8 Å². The van der Waals surface area contributed by atoms with E-state index >= 15 is 0 Å². The Hall–Kier alpha value is -3.08. The number of halogens is 3. The van der Waals surface area contributed by atoms with Gasteiger partial charge in [-0.3, -0.25) is 13.9 Å². The van der Waals surface area contributed by atoms with Gasteiger partial charge in [0.25, 0.3) is 5.56 Å². The molecule has 1 aromatic carbocycles. The molecule has 172 valence electrons. The van der Waals surface area contributed by atoms with Crippen LogP contribution in [0.15, 0.2) is 33.9 Å². The molecule has 1 saturated carbocycles. The highest BCUT2D eigenvalue weighted by molar-refractivity contribution is 5.74. The van der Waals surface area contributed by atoms with Gasteiger partial charge in [-0.25, -0.2) is 4.79 Å². The van der Waals surface area contributed by atoms with Crippen LogP contribution in [0.3, 0.4) is 0 Å². The number of rotatable bonds is 4. The van der Waals surface area contributed by atoms with Gasteiger partial charge in [0.15, 0.2) is 11.2 Å². The fourth-order valence-electron chi connectivity index (χ4n) is 4.14. The van der Waals surface area contributed by atoms with Crippen molar-refractivity contribution < 1.29 is 18.3 Å². The number of benzene rings is 1. The lowest BCUT2D eigenvalue weighted by molar-refractivity contribution is -0.137. The minimum absolute atomic E-state index is 0.172. The molecule has 32 heavy (non-hydrogen) atoms. The highest BCUT2D eigenvalue weighted by atomic mass is 19.4. The topological polar surface area (TPSA) is 94.1 Å². The Labute approximate surface area is 180 Å². The average Bonchev–Trinajstić information content (AvgIpc) is 3.07. The first-order valence-corrected chi connectivity index (χ1v) is 10.3. The number of imidazole rings is 1. The van der Waals surface area contributed by atoms with Gasteiger partial charge in [-0.05, 0) is 30.5 Å². The van der Waals surface area contributed by atoms with Crippen LogP contribution in [0.5, 0.6) is 0 Å². The molecule has 2 heterocycles. The molecule has 0 bridgehead atoms. The molecule has 3 aromatic rings. The van der Waals surface area contributed by atoms with Crippen LogP contribution < -0.4 is 16.6 Å². The van der Waals surface area contributed by atoms with E-state index in [0.717, 1.165) is 36.0 Å². The van der Waals surface area contributed by atoms with Crippen LogP contribution in [-0.4, -0.2) is 35.9 Å². The molecule has 0 saturated heterocycles. The van der Waals surface area contributed by atoms with Crippen LogP contribution in [0.1, 0.15) is 36.8 Å². The smallest absolute Gasteiger partial charge is 0.391 e. The van der Waals surface area contributed by atoms with Gasteiger partial charge in [-0.1, -0.05) is 25.0 Å². The van der Waals surface area contributed by atoms with E-state index in [1.54, 1.807) is 11.6 Å². The second-order valence-electron chi connectivity index (χ2n) is 8.20. The number of aryl methyl sites for hydroxylation is 2. The molecule has 2 N–H and O–H groups in total. The summed E-state index contributed by atoms with van der Waals surface area (Å²) in [4.78, 5) is 30.4. The Morgan fingerprint density at radius 1 is 1.09 bits per heavy atom. The average molecular weight is 451 g/mol. The molecular formula is C21H24F3N5O3. The molecule has 0 unspecified atom stereocenters. The summed E-state index contributed by atoms with van der Waals surface area (Å²) in [5, 5.41) is 13.4. The van der Waals surface area contributed by atoms with E-state index in [4.69, 9.17) is 0 Å². The number of aliphatic hydroxyl groups is 1. The molecule has 11 heteroatoms. The zero-order chi connectivity index (χ0) is 23.2. The molecule has 1 aliphatic rings. The van der Waals surface area contributed by atoms with Crippen molar-refractivity contribution in [3.05, 3.63) is 56.2 Å². The molecule has 8 nitrogen and oxygen atoms in total. The van der Waals surface area contributed by atoms with Crippen LogP contribution in [0.25, 0.3) is 11.2 Å². The van der Waals surface area contributed by atoms with Crippen LogP contribution >= 0.6 is 0 Å². The Bertz CT molecular complexity index is 1260. The van der Waals surface area contributed by atoms with Crippen LogP contribution in [0, 0.1) is 0 Å².